The number of rotatable bonds is 3. The van der Waals surface area contributed by atoms with Gasteiger partial charge in [-0.3, -0.25) is 4.99 Å². The molecule has 2 aliphatic rings. The third-order valence-corrected chi connectivity index (χ3v) is 3.91. The molecule has 0 amide bonds. The summed E-state index contributed by atoms with van der Waals surface area (Å²) in [6.45, 7) is 8.66. The number of aliphatic imine (C=N–C) groups is 1. The predicted molar refractivity (Wildman–Crippen MR) is 104 cm³/mol. The van der Waals surface area contributed by atoms with Gasteiger partial charge in [0.2, 0.25) is 0 Å². The zero-order valence-corrected chi connectivity index (χ0v) is 16.1. The summed E-state index contributed by atoms with van der Waals surface area (Å²) < 4.78 is 5.77. The number of guanidine groups is 1. The van der Waals surface area contributed by atoms with E-state index in [9.17, 15) is 0 Å². The largest absolute Gasteiger partial charge is 0.372 e. The maximum Gasteiger partial charge on any atom is 0.191 e. The van der Waals surface area contributed by atoms with E-state index in [1.54, 1.807) is 0 Å². The fraction of sp³-hybridized carbons (Fsp3) is 0.625. The molecule has 3 heterocycles. The Balaban J connectivity index is 0.00000192. The summed E-state index contributed by atoms with van der Waals surface area (Å²) in [5, 5.41) is 6.57. The minimum Gasteiger partial charge on any atom is -0.372 e. The third kappa shape index (κ3) is 5.20. The lowest BCUT2D eigenvalue weighted by Gasteiger charge is -2.36. The molecule has 1 aromatic heterocycles. The van der Waals surface area contributed by atoms with Gasteiger partial charge in [-0.15, -0.1) is 24.0 Å². The molecule has 128 valence electrons. The molecule has 2 N–H and O–H groups in total. The molecule has 3 rings (SSSR count). The summed E-state index contributed by atoms with van der Waals surface area (Å²) in [5.74, 6) is 1.92. The second-order valence-electron chi connectivity index (χ2n) is 6.05. The molecule has 1 aromatic rings. The summed E-state index contributed by atoms with van der Waals surface area (Å²) >= 11 is 0. The van der Waals surface area contributed by atoms with E-state index < -0.39 is 0 Å². The minimum atomic E-state index is 0. The number of nitrogens with one attached hydrogen (secondary N) is 2. The second kappa shape index (κ2) is 8.68. The van der Waals surface area contributed by atoms with Crippen LogP contribution < -0.4 is 15.5 Å². The van der Waals surface area contributed by atoms with Crippen LogP contribution in [0, 0.1) is 0 Å². The van der Waals surface area contributed by atoms with Crippen LogP contribution in [0.4, 0.5) is 5.82 Å². The summed E-state index contributed by atoms with van der Waals surface area (Å²) in [6, 6.07) is 4.22. The van der Waals surface area contributed by atoms with Gasteiger partial charge >= 0.3 is 0 Å². The standard InChI is InChI=1S/C16H25N5O.HI/c1-12-10-21(11-13(2)22-12)15-5-4-14(8-19-15)9-20-16-17-6-3-7-18-16;/h4-5,8,12-13H,3,6-7,9-11H2,1-2H3,(H2,17,18,20);1H. The zero-order valence-electron chi connectivity index (χ0n) is 13.8. The fourth-order valence-electron chi connectivity index (χ4n) is 2.91. The molecule has 2 unspecified atom stereocenters. The van der Waals surface area contributed by atoms with Crippen molar-refractivity contribution < 1.29 is 4.74 Å². The number of morpholine rings is 1. The van der Waals surface area contributed by atoms with Gasteiger partial charge < -0.3 is 20.3 Å². The Morgan fingerprint density at radius 3 is 2.70 bits per heavy atom. The molecule has 0 aliphatic carbocycles. The lowest BCUT2D eigenvalue weighted by molar-refractivity contribution is -0.00545. The molecule has 23 heavy (non-hydrogen) atoms. The van der Waals surface area contributed by atoms with E-state index in [0.717, 1.165) is 56.5 Å². The van der Waals surface area contributed by atoms with Crippen molar-refractivity contribution in [3.05, 3.63) is 23.9 Å². The molecule has 1 saturated heterocycles. The van der Waals surface area contributed by atoms with Gasteiger partial charge in [-0.2, -0.15) is 0 Å². The normalized spacial score (nSPS) is 24.3. The van der Waals surface area contributed by atoms with E-state index in [-0.39, 0.29) is 36.2 Å². The van der Waals surface area contributed by atoms with Crippen molar-refractivity contribution in [1.29, 1.82) is 0 Å². The quantitative estimate of drug-likeness (QED) is 0.715. The Bertz CT molecular complexity index is 512. The van der Waals surface area contributed by atoms with Gasteiger partial charge in [-0.05, 0) is 31.9 Å². The van der Waals surface area contributed by atoms with Crippen LogP contribution in [0.25, 0.3) is 0 Å². The van der Waals surface area contributed by atoms with Gasteiger partial charge in [-0.1, -0.05) is 6.07 Å². The van der Waals surface area contributed by atoms with Crippen LogP contribution >= 0.6 is 24.0 Å². The Morgan fingerprint density at radius 1 is 1.30 bits per heavy atom. The Morgan fingerprint density at radius 2 is 2.09 bits per heavy atom. The van der Waals surface area contributed by atoms with Gasteiger partial charge in [0.05, 0.1) is 12.2 Å². The van der Waals surface area contributed by atoms with Crippen LogP contribution in [-0.2, 0) is 11.3 Å². The number of hydrogen-bond donors (Lipinski definition) is 2. The van der Waals surface area contributed by atoms with E-state index >= 15 is 0 Å². The van der Waals surface area contributed by atoms with Crippen molar-refractivity contribution >= 4 is 35.8 Å². The highest BCUT2D eigenvalue weighted by Gasteiger charge is 2.22. The summed E-state index contributed by atoms with van der Waals surface area (Å²) in [6.07, 6.45) is 3.55. The van der Waals surface area contributed by atoms with Crippen molar-refractivity contribution in [1.82, 2.24) is 15.6 Å². The minimum absolute atomic E-state index is 0. The first-order valence-electron chi connectivity index (χ1n) is 8.08. The molecular formula is C16H26IN5O. The Kier molecular flexibility index (Phi) is 6.88. The molecule has 6 nitrogen and oxygen atoms in total. The van der Waals surface area contributed by atoms with Crippen LogP contribution in [0.3, 0.4) is 0 Å². The zero-order chi connectivity index (χ0) is 15.4. The number of halogens is 1. The molecular weight excluding hydrogens is 405 g/mol. The Labute approximate surface area is 155 Å². The SMILES string of the molecule is CC1CN(c2ccc(CNC3=NCCCN3)cn2)CC(C)O1.I. The van der Waals surface area contributed by atoms with Crippen LogP contribution in [0.1, 0.15) is 25.8 Å². The summed E-state index contributed by atoms with van der Waals surface area (Å²) in [5.41, 5.74) is 1.16. The third-order valence-electron chi connectivity index (χ3n) is 3.91. The molecule has 0 aromatic carbocycles. The number of ether oxygens (including phenoxy) is 1. The van der Waals surface area contributed by atoms with Crippen LogP contribution in [0.5, 0.6) is 0 Å². The maximum atomic E-state index is 5.77. The number of hydrogen-bond acceptors (Lipinski definition) is 6. The molecule has 2 aliphatic heterocycles. The second-order valence-corrected chi connectivity index (χ2v) is 6.05. The van der Waals surface area contributed by atoms with Crippen molar-refractivity contribution in [3.63, 3.8) is 0 Å². The first-order valence-corrected chi connectivity index (χ1v) is 8.08. The van der Waals surface area contributed by atoms with Gasteiger partial charge in [0.1, 0.15) is 5.82 Å². The van der Waals surface area contributed by atoms with Crippen molar-refractivity contribution in [3.8, 4) is 0 Å². The first-order chi connectivity index (χ1) is 10.7. The average molecular weight is 431 g/mol. The fourth-order valence-corrected chi connectivity index (χ4v) is 2.91. The van der Waals surface area contributed by atoms with E-state index in [1.165, 1.54) is 0 Å². The first kappa shape index (κ1) is 18.3. The van der Waals surface area contributed by atoms with Crippen LogP contribution in [0.15, 0.2) is 23.3 Å². The lowest BCUT2D eigenvalue weighted by atomic mass is 10.2. The van der Waals surface area contributed by atoms with E-state index in [0.29, 0.717) is 0 Å². The molecule has 0 spiro atoms. The topological polar surface area (TPSA) is 61.8 Å². The molecule has 7 heteroatoms. The number of aromatic nitrogens is 1. The smallest absolute Gasteiger partial charge is 0.191 e. The highest BCUT2D eigenvalue weighted by molar-refractivity contribution is 14.0. The van der Waals surface area contributed by atoms with Crippen molar-refractivity contribution in [2.45, 2.75) is 39.0 Å². The molecule has 0 radical (unpaired) electrons. The average Bonchev–Trinajstić information content (AvgIpc) is 2.53. The predicted octanol–water partition coefficient (Wildman–Crippen LogP) is 1.75. The van der Waals surface area contributed by atoms with Gasteiger partial charge in [0, 0.05) is 38.9 Å². The van der Waals surface area contributed by atoms with Crippen molar-refractivity contribution in [2.75, 3.05) is 31.1 Å². The van der Waals surface area contributed by atoms with Gasteiger partial charge in [-0.25, -0.2) is 4.98 Å². The van der Waals surface area contributed by atoms with E-state index in [4.69, 9.17) is 4.74 Å². The highest BCUT2D eigenvalue weighted by Crippen LogP contribution is 2.18. The maximum absolute atomic E-state index is 5.77. The van der Waals surface area contributed by atoms with Gasteiger partial charge in [0.25, 0.3) is 0 Å². The van der Waals surface area contributed by atoms with Crippen LogP contribution in [0.2, 0.25) is 0 Å². The lowest BCUT2D eigenvalue weighted by Crippen LogP contribution is -2.45. The molecule has 0 saturated carbocycles. The van der Waals surface area contributed by atoms with Crippen molar-refractivity contribution in [2.24, 2.45) is 4.99 Å². The number of nitrogens with zero attached hydrogens (tertiary/aromatic N) is 3. The van der Waals surface area contributed by atoms with E-state index in [1.807, 2.05) is 6.20 Å². The number of pyridine rings is 1. The monoisotopic (exact) mass is 431 g/mol. The number of anilines is 1. The molecule has 1 fully saturated rings. The Hall–Kier alpha value is -1.09. The highest BCUT2D eigenvalue weighted by atomic mass is 127. The molecule has 2 atom stereocenters. The summed E-state index contributed by atoms with van der Waals surface area (Å²) in [7, 11) is 0. The summed E-state index contributed by atoms with van der Waals surface area (Å²) in [4.78, 5) is 11.3. The van der Waals surface area contributed by atoms with Crippen LogP contribution in [-0.4, -0.2) is 49.3 Å². The molecule has 0 bridgehead atoms. The van der Waals surface area contributed by atoms with Gasteiger partial charge in [0.15, 0.2) is 5.96 Å². The van der Waals surface area contributed by atoms with E-state index in [2.05, 4.69) is 51.5 Å².